The summed E-state index contributed by atoms with van der Waals surface area (Å²) < 4.78 is 2.17. The molecule has 0 aliphatic heterocycles. The van der Waals surface area contributed by atoms with E-state index < -0.39 is 0 Å². The lowest BCUT2D eigenvalue weighted by Crippen LogP contribution is -2.06. The molecule has 12 aromatic carbocycles. The Morgan fingerprint density at radius 2 is 0.662 bits per heavy atom. The van der Waals surface area contributed by atoms with Gasteiger partial charge in [0.1, 0.15) is 0 Å². The van der Waals surface area contributed by atoms with Crippen LogP contribution in [0.15, 0.2) is 218 Å². The van der Waals surface area contributed by atoms with Crippen LogP contribution in [-0.4, -0.2) is 19.5 Å². The summed E-state index contributed by atoms with van der Waals surface area (Å²) in [4.78, 5) is 15.5. The van der Waals surface area contributed by atoms with Gasteiger partial charge in [-0.25, -0.2) is 4.98 Å². The molecule has 0 atom stereocenters. The molecule has 4 heteroatoms. The highest BCUT2D eigenvalue weighted by Gasteiger charge is 2.19. The highest BCUT2D eigenvalue weighted by atomic mass is 15.2. The van der Waals surface area contributed by atoms with Crippen molar-refractivity contribution < 1.29 is 0 Å². The Balaban J connectivity index is 0.950. The van der Waals surface area contributed by atoms with Gasteiger partial charge in [-0.2, -0.15) is 9.97 Å². The fourth-order valence-corrected chi connectivity index (χ4v) is 10.6. The van der Waals surface area contributed by atoms with Crippen LogP contribution in [0.4, 0.5) is 0 Å². The summed E-state index contributed by atoms with van der Waals surface area (Å²) in [6.07, 6.45) is 0. The van der Waals surface area contributed by atoms with Gasteiger partial charge in [0.25, 0.3) is 0 Å². The van der Waals surface area contributed by atoms with Crippen LogP contribution < -0.4 is 0 Å². The number of para-hydroxylation sites is 2. The third-order valence-electron chi connectivity index (χ3n) is 13.5. The van der Waals surface area contributed by atoms with E-state index in [0.29, 0.717) is 17.6 Å². The van der Waals surface area contributed by atoms with Gasteiger partial charge in [0.15, 0.2) is 11.6 Å². The highest BCUT2D eigenvalue weighted by molar-refractivity contribution is 6.37. The molecule has 0 aliphatic rings. The molecule has 0 unspecified atom stereocenters. The van der Waals surface area contributed by atoms with E-state index in [1.807, 2.05) is 18.2 Å². The fraction of sp³-hybridized carbons (Fsp3) is 0. The van der Waals surface area contributed by atoms with Gasteiger partial charge in [-0.15, -0.1) is 0 Å². The lowest BCUT2D eigenvalue weighted by atomic mass is 9.86. The Kier molecular flexibility index (Phi) is 7.65. The number of rotatable bonds is 5. The van der Waals surface area contributed by atoms with Crippen molar-refractivity contribution in [3.63, 3.8) is 0 Å². The van der Waals surface area contributed by atoms with Gasteiger partial charge in [-0.05, 0) is 123 Å². The number of nitrogens with zero attached hydrogens (tertiary/aromatic N) is 4. The summed E-state index contributed by atoms with van der Waals surface area (Å²) in [6.45, 7) is 0. The van der Waals surface area contributed by atoms with Crippen LogP contribution >= 0.6 is 0 Å². The van der Waals surface area contributed by atoms with Gasteiger partial charge in [0.2, 0.25) is 5.95 Å². The molecule has 0 spiro atoms. The van der Waals surface area contributed by atoms with Crippen LogP contribution in [0.25, 0.3) is 137 Å². The molecule has 4 nitrogen and oxygen atoms in total. The fourth-order valence-electron chi connectivity index (χ4n) is 10.6. The van der Waals surface area contributed by atoms with Crippen LogP contribution in [0.3, 0.4) is 0 Å². The average Bonchev–Trinajstić information content (AvgIpc) is 3.72. The number of benzene rings is 11. The normalized spacial score (nSPS) is 12.0. The third-order valence-corrected chi connectivity index (χ3v) is 13.5. The number of aromatic nitrogens is 4. The summed E-state index contributed by atoms with van der Waals surface area (Å²) in [6, 6.07) is 79.0. The van der Waals surface area contributed by atoms with Gasteiger partial charge in [-0.3, -0.25) is 4.57 Å². The van der Waals surface area contributed by atoms with Crippen molar-refractivity contribution in [1.29, 1.82) is 0 Å². The average molecular weight is 825 g/mol. The largest absolute Gasteiger partial charge is 0.278 e. The first-order valence-corrected chi connectivity index (χ1v) is 22.2. The Hall–Kier alpha value is -8.73. The molecule has 0 aliphatic carbocycles. The smallest absolute Gasteiger partial charge is 0.238 e. The van der Waals surface area contributed by atoms with Crippen molar-refractivity contribution in [3.05, 3.63) is 218 Å². The topological polar surface area (TPSA) is 43.6 Å². The summed E-state index contributed by atoms with van der Waals surface area (Å²) >= 11 is 0. The second-order valence-corrected chi connectivity index (χ2v) is 17.1. The van der Waals surface area contributed by atoms with E-state index in [9.17, 15) is 0 Å². The number of fused-ring (bicyclic) bond motifs is 5. The first-order valence-electron chi connectivity index (χ1n) is 22.2. The number of hydrogen-bond donors (Lipinski definition) is 0. The summed E-state index contributed by atoms with van der Waals surface area (Å²) in [7, 11) is 0. The van der Waals surface area contributed by atoms with Crippen molar-refractivity contribution in [3.8, 4) is 51.0 Å². The maximum Gasteiger partial charge on any atom is 0.238 e. The minimum atomic E-state index is 0.584. The summed E-state index contributed by atoms with van der Waals surface area (Å²) in [5.74, 6) is 1.83. The van der Waals surface area contributed by atoms with E-state index in [-0.39, 0.29) is 0 Å². The maximum atomic E-state index is 5.25. The van der Waals surface area contributed by atoms with Crippen LogP contribution in [0.1, 0.15) is 0 Å². The lowest BCUT2D eigenvalue weighted by Gasteiger charge is -2.17. The van der Waals surface area contributed by atoms with E-state index in [0.717, 1.165) is 49.6 Å². The van der Waals surface area contributed by atoms with E-state index in [1.54, 1.807) is 0 Å². The lowest BCUT2D eigenvalue weighted by molar-refractivity contribution is 0.953. The zero-order valence-corrected chi connectivity index (χ0v) is 35.1. The van der Waals surface area contributed by atoms with Crippen molar-refractivity contribution in [2.75, 3.05) is 0 Å². The molecule has 0 fully saturated rings. The van der Waals surface area contributed by atoms with Crippen LogP contribution in [0.2, 0.25) is 0 Å². The van der Waals surface area contributed by atoms with Crippen LogP contribution in [-0.2, 0) is 0 Å². The van der Waals surface area contributed by atoms with Crippen molar-refractivity contribution in [2.24, 2.45) is 0 Å². The van der Waals surface area contributed by atoms with Gasteiger partial charge < -0.3 is 0 Å². The molecule has 2 heterocycles. The first-order chi connectivity index (χ1) is 32.2. The standard InChI is InChI=1S/C61H36N4/c1-2-13-40(14-3-1)59-62-60(64-61(63-59)65-53-27-6-4-22-47(53)48-23-5-7-28-54(48)65)45-21-9-19-42(34-45)41-18-8-20-43(33-41)46-35-44-32-31-39-16-11-25-50-49-24-10-15-37-29-30-38-17-12-26-51(57(38)55(37)49)52(36-46)58(44)56(39)50/h1-36H. The molecule has 0 saturated heterocycles. The molecule has 14 rings (SSSR count). The first kappa shape index (κ1) is 35.8. The minimum Gasteiger partial charge on any atom is -0.278 e. The Morgan fingerprint density at radius 3 is 1.26 bits per heavy atom. The van der Waals surface area contributed by atoms with E-state index in [4.69, 9.17) is 15.0 Å². The Bertz CT molecular complexity index is 4180. The quantitative estimate of drug-likeness (QED) is 0.162. The van der Waals surface area contributed by atoms with Gasteiger partial charge in [0.05, 0.1) is 11.0 Å². The predicted octanol–water partition coefficient (Wildman–Crippen LogP) is 16.0. The molecule has 300 valence electrons. The van der Waals surface area contributed by atoms with Crippen molar-refractivity contribution in [2.45, 2.75) is 0 Å². The zero-order chi connectivity index (χ0) is 42.6. The molecule has 0 bridgehead atoms. The second kappa shape index (κ2) is 13.9. The van der Waals surface area contributed by atoms with E-state index >= 15 is 0 Å². The van der Waals surface area contributed by atoms with Gasteiger partial charge in [0, 0.05) is 21.9 Å². The molecule has 0 radical (unpaired) electrons. The molecular formula is C61H36N4. The summed E-state index contributed by atoms with van der Waals surface area (Å²) in [5, 5.41) is 17.7. The third kappa shape index (κ3) is 5.47. The maximum absolute atomic E-state index is 5.25. The van der Waals surface area contributed by atoms with Crippen LogP contribution in [0, 0.1) is 0 Å². The molecular weight excluding hydrogens is 789 g/mol. The second-order valence-electron chi connectivity index (χ2n) is 17.1. The van der Waals surface area contributed by atoms with Crippen molar-refractivity contribution in [1.82, 2.24) is 19.5 Å². The molecule has 65 heavy (non-hydrogen) atoms. The summed E-state index contributed by atoms with van der Waals surface area (Å²) in [5.41, 5.74) is 8.50. The van der Waals surface area contributed by atoms with E-state index in [1.165, 1.54) is 70.2 Å². The zero-order valence-electron chi connectivity index (χ0n) is 35.1. The molecule has 0 saturated carbocycles. The van der Waals surface area contributed by atoms with Crippen molar-refractivity contribution >= 4 is 86.4 Å². The Labute approximate surface area is 373 Å². The van der Waals surface area contributed by atoms with E-state index in [2.05, 4.69) is 205 Å². The van der Waals surface area contributed by atoms with Gasteiger partial charge >= 0.3 is 0 Å². The minimum absolute atomic E-state index is 0.584. The Morgan fingerprint density at radius 1 is 0.246 bits per heavy atom. The molecule has 2 aromatic heterocycles. The molecule has 0 amide bonds. The van der Waals surface area contributed by atoms with Gasteiger partial charge in [-0.1, -0.05) is 182 Å². The predicted molar refractivity (Wildman–Crippen MR) is 272 cm³/mol. The SMILES string of the molecule is c1ccc(-c2nc(-c3cccc(-c4cccc(-c5cc6ccc7cccc8c9cccc%10ccc%11cccc(c(c5)c6c78)c%11c%109)c4)c3)nc(-n3c4ccccc4c4ccccc43)n2)cc1. The highest BCUT2D eigenvalue weighted by Crippen LogP contribution is 2.45. The van der Waals surface area contributed by atoms with Crippen LogP contribution in [0.5, 0.6) is 0 Å². The molecule has 14 aromatic rings. The number of hydrogen-bond acceptors (Lipinski definition) is 3. The monoisotopic (exact) mass is 824 g/mol. The molecule has 0 N–H and O–H groups in total.